The number of hydrogen-bond donors (Lipinski definition) is 1. The van der Waals surface area contributed by atoms with Gasteiger partial charge in [0.05, 0.1) is 10.6 Å². The fourth-order valence-electron chi connectivity index (χ4n) is 3.27. The number of carbonyl (C=O) groups is 1. The van der Waals surface area contributed by atoms with Crippen LogP contribution in [0, 0.1) is 6.92 Å². The molecule has 0 radical (unpaired) electrons. The summed E-state index contributed by atoms with van der Waals surface area (Å²) >= 11 is 5.94. The molecule has 1 aromatic heterocycles. The van der Waals surface area contributed by atoms with Gasteiger partial charge in [0, 0.05) is 23.7 Å². The van der Waals surface area contributed by atoms with E-state index >= 15 is 0 Å². The number of benzene rings is 2. The molecule has 1 aliphatic heterocycles. The smallest absolute Gasteiger partial charge is 0.316 e. The monoisotopic (exact) mass is 446 g/mol. The molecule has 10 heteroatoms. The summed E-state index contributed by atoms with van der Waals surface area (Å²) < 4.78 is 33.5. The summed E-state index contributed by atoms with van der Waals surface area (Å²) in [4.78, 5) is 18.3. The van der Waals surface area contributed by atoms with Crippen molar-refractivity contribution in [1.82, 2.24) is 15.0 Å². The highest BCUT2D eigenvalue weighted by atomic mass is 35.5. The van der Waals surface area contributed by atoms with Gasteiger partial charge >= 0.3 is 11.8 Å². The Morgan fingerprint density at radius 3 is 2.67 bits per heavy atom. The molecular weight excluding hydrogens is 428 g/mol. The maximum Gasteiger partial charge on any atom is 0.316 e. The molecule has 30 heavy (non-hydrogen) atoms. The molecule has 1 amide bonds. The van der Waals surface area contributed by atoms with Crippen LogP contribution in [0.4, 0.5) is 5.69 Å². The number of aryl methyl sites for hydroxylation is 1. The summed E-state index contributed by atoms with van der Waals surface area (Å²) in [5, 5.41) is 4.28. The maximum absolute atomic E-state index is 12.9. The van der Waals surface area contributed by atoms with Crippen LogP contribution in [0.25, 0.3) is 11.4 Å². The lowest BCUT2D eigenvalue weighted by atomic mass is 10.1. The van der Waals surface area contributed by atoms with E-state index < -0.39 is 10.0 Å². The van der Waals surface area contributed by atoms with E-state index in [2.05, 4.69) is 14.9 Å². The Hall–Kier alpha value is -2.91. The topological polar surface area (TPSA) is 105 Å². The third-order valence-electron chi connectivity index (χ3n) is 4.81. The van der Waals surface area contributed by atoms with Crippen LogP contribution in [0.1, 0.15) is 29.1 Å². The van der Waals surface area contributed by atoms with E-state index in [1.807, 2.05) is 0 Å². The van der Waals surface area contributed by atoms with Crippen molar-refractivity contribution in [3.8, 4) is 11.4 Å². The molecule has 3 aromatic rings. The minimum absolute atomic E-state index is 0.0668. The Labute approximate surface area is 178 Å². The lowest BCUT2D eigenvalue weighted by Gasteiger charge is -2.11. The average molecular weight is 447 g/mol. The first-order valence-corrected chi connectivity index (χ1v) is 11.2. The van der Waals surface area contributed by atoms with Crippen LogP contribution in [0.15, 0.2) is 51.9 Å². The number of likely N-dealkylation sites (tertiary alicyclic amines) is 1. The number of nitrogens with one attached hydrogen (secondary N) is 1. The second-order valence-electron chi connectivity index (χ2n) is 7.02. The molecule has 0 spiro atoms. The molecule has 1 fully saturated rings. The molecule has 0 bridgehead atoms. The average Bonchev–Trinajstić information content (AvgIpc) is 3.40. The van der Waals surface area contributed by atoms with E-state index in [1.165, 1.54) is 12.1 Å². The molecule has 1 N–H and O–H groups in total. The number of sulfonamides is 1. The van der Waals surface area contributed by atoms with E-state index in [0.717, 1.165) is 12.8 Å². The molecule has 1 saturated heterocycles. The van der Waals surface area contributed by atoms with Crippen LogP contribution in [0.3, 0.4) is 0 Å². The first kappa shape index (κ1) is 20.4. The lowest BCUT2D eigenvalue weighted by Crippen LogP contribution is -2.27. The number of nitrogens with zero attached hydrogens (tertiary/aromatic N) is 3. The van der Waals surface area contributed by atoms with Gasteiger partial charge in [-0.1, -0.05) is 35.0 Å². The Morgan fingerprint density at radius 2 is 1.93 bits per heavy atom. The van der Waals surface area contributed by atoms with Crippen molar-refractivity contribution in [3.63, 3.8) is 0 Å². The highest BCUT2D eigenvalue weighted by Gasteiger charge is 2.26. The number of hydrogen-bond acceptors (Lipinski definition) is 6. The van der Waals surface area contributed by atoms with E-state index in [1.54, 1.807) is 42.2 Å². The largest absolute Gasteiger partial charge is 0.334 e. The van der Waals surface area contributed by atoms with Gasteiger partial charge in [0.2, 0.25) is 5.82 Å². The molecule has 4 rings (SSSR count). The number of anilines is 1. The third-order valence-corrected chi connectivity index (χ3v) is 6.57. The Bertz CT molecular complexity index is 1200. The van der Waals surface area contributed by atoms with Crippen molar-refractivity contribution in [2.45, 2.75) is 24.7 Å². The van der Waals surface area contributed by atoms with Crippen molar-refractivity contribution in [2.24, 2.45) is 0 Å². The van der Waals surface area contributed by atoms with Crippen LogP contribution in [-0.4, -0.2) is 42.5 Å². The molecule has 2 heterocycles. The second kappa shape index (κ2) is 8.08. The molecule has 1 aliphatic rings. The molecule has 0 aliphatic carbocycles. The van der Waals surface area contributed by atoms with Gasteiger partial charge in [-0.05, 0) is 49.6 Å². The molecule has 8 nitrogen and oxygen atoms in total. The summed E-state index contributed by atoms with van der Waals surface area (Å²) in [5.74, 6) is -0.264. The van der Waals surface area contributed by atoms with Gasteiger partial charge in [-0.25, -0.2) is 8.42 Å². The van der Waals surface area contributed by atoms with Crippen molar-refractivity contribution in [1.29, 1.82) is 0 Å². The summed E-state index contributed by atoms with van der Waals surface area (Å²) in [5.41, 5.74) is 1.33. The van der Waals surface area contributed by atoms with Crippen molar-refractivity contribution >= 4 is 33.2 Å². The number of aromatic nitrogens is 2. The number of halogens is 1. The van der Waals surface area contributed by atoms with Crippen LogP contribution in [0.5, 0.6) is 0 Å². The predicted octanol–water partition coefficient (Wildman–Crippen LogP) is 3.74. The summed E-state index contributed by atoms with van der Waals surface area (Å²) in [6, 6.07) is 11.2. The van der Waals surface area contributed by atoms with Crippen LogP contribution in [-0.2, 0) is 10.0 Å². The third kappa shape index (κ3) is 4.17. The normalized spacial score (nSPS) is 14.1. The fraction of sp³-hybridized carbons (Fsp3) is 0.250. The first-order chi connectivity index (χ1) is 14.3. The number of amides is 1. The molecule has 0 unspecified atom stereocenters. The van der Waals surface area contributed by atoms with Gasteiger partial charge in [-0.3, -0.25) is 9.52 Å². The second-order valence-corrected chi connectivity index (χ2v) is 9.11. The zero-order valence-corrected chi connectivity index (χ0v) is 17.7. The number of carbonyl (C=O) groups excluding carboxylic acids is 1. The van der Waals surface area contributed by atoms with Gasteiger partial charge in [-0.2, -0.15) is 4.98 Å². The Balaban J connectivity index is 1.63. The van der Waals surface area contributed by atoms with E-state index in [4.69, 9.17) is 16.1 Å². The predicted molar refractivity (Wildman–Crippen MR) is 112 cm³/mol. The van der Waals surface area contributed by atoms with Crippen LogP contribution in [0.2, 0.25) is 5.02 Å². The fourth-order valence-corrected chi connectivity index (χ4v) is 4.79. The first-order valence-electron chi connectivity index (χ1n) is 9.36. The zero-order valence-electron chi connectivity index (χ0n) is 16.1. The molecule has 156 valence electrons. The standard InChI is InChI=1S/C20H19ClN4O4S/c1-13-7-8-14(18-22-19(29-23-18)20(26)25-9-2-3-10-25)11-17(13)30(27,28)24-16-6-4-5-15(21)12-16/h4-8,11-12,24H,2-3,9-10H2,1H3. The quantitative estimate of drug-likeness (QED) is 0.640. The van der Waals surface area contributed by atoms with Gasteiger partial charge in [0.25, 0.3) is 10.0 Å². The van der Waals surface area contributed by atoms with Gasteiger partial charge in [-0.15, -0.1) is 0 Å². The molecule has 0 saturated carbocycles. The van der Waals surface area contributed by atoms with Gasteiger partial charge in [0.15, 0.2) is 0 Å². The van der Waals surface area contributed by atoms with E-state index in [0.29, 0.717) is 34.9 Å². The summed E-state index contributed by atoms with van der Waals surface area (Å²) in [7, 11) is -3.88. The molecule has 2 aromatic carbocycles. The minimum Gasteiger partial charge on any atom is -0.334 e. The minimum atomic E-state index is -3.88. The maximum atomic E-state index is 12.9. The molecular formula is C20H19ClN4O4S. The highest BCUT2D eigenvalue weighted by molar-refractivity contribution is 7.92. The van der Waals surface area contributed by atoms with Gasteiger partial charge < -0.3 is 9.42 Å². The number of rotatable bonds is 5. The Kier molecular flexibility index (Phi) is 5.48. The summed E-state index contributed by atoms with van der Waals surface area (Å²) in [6.07, 6.45) is 1.90. The van der Waals surface area contributed by atoms with Crippen LogP contribution >= 0.6 is 11.6 Å². The van der Waals surface area contributed by atoms with Crippen molar-refractivity contribution in [3.05, 3.63) is 58.9 Å². The molecule has 0 atom stereocenters. The SMILES string of the molecule is Cc1ccc(-c2noc(C(=O)N3CCCC3)n2)cc1S(=O)(=O)Nc1cccc(Cl)c1. The van der Waals surface area contributed by atoms with E-state index in [-0.39, 0.29) is 22.5 Å². The zero-order chi connectivity index (χ0) is 21.3. The van der Waals surface area contributed by atoms with E-state index in [9.17, 15) is 13.2 Å². The van der Waals surface area contributed by atoms with Crippen molar-refractivity contribution < 1.29 is 17.7 Å². The highest BCUT2D eigenvalue weighted by Crippen LogP contribution is 2.26. The Morgan fingerprint density at radius 1 is 1.17 bits per heavy atom. The summed E-state index contributed by atoms with van der Waals surface area (Å²) in [6.45, 7) is 3.02. The lowest BCUT2D eigenvalue weighted by molar-refractivity contribution is 0.0743. The van der Waals surface area contributed by atoms with Crippen LogP contribution < -0.4 is 4.72 Å². The van der Waals surface area contributed by atoms with Gasteiger partial charge in [0.1, 0.15) is 0 Å². The van der Waals surface area contributed by atoms with Crippen molar-refractivity contribution in [2.75, 3.05) is 17.8 Å².